The van der Waals surface area contributed by atoms with E-state index < -0.39 is 18.3 Å². The topological polar surface area (TPSA) is 48.0 Å². The summed E-state index contributed by atoms with van der Waals surface area (Å²) in [6.45, 7) is 12.1. The quantitative estimate of drug-likeness (QED) is 0.783. The highest BCUT2D eigenvalue weighted by Gasteiger charge is 2.52. The lowest BCUT2D eigenvalue weighted by Crippen LogP contribution is -2.42. The number of hydrogen-bond donors (Lipinski definition) is 0. The fraction of sp³-hybridized carbons (Fsp3) is 0.632. The van der Waals surface area contributed by atoms with Gasteiger partial charge >= 0.3 is 7.12 Å². The second-order valence-electron chi connectivity index (χ2n) is 7.99. The van der Waals surface area contributed by atoms with Crippen LogP contribution in [0.5, 0.6) is 0 Å². The van der Waals surface area contributed by atoms with E-state index in [1.807, 2.05) is 38.7 Å². The maximum atomic E-state index is 12.8. The number of carbonyl (C=O) groups excluding carboxylic acids is 1. The minimum atomic E-state index is -0.447. The zero-order chi connectivity index (χ0) is 18.4. The average molecular weight is 345 g/mol. The Labute approximate surface area is 150 Å². The minimum Gasteiger partial charge on any atom is -0.399 e. The SMILES string of the molecule is COCCN1CCc2cc(C)c(B3OC(C)(C)C(C)(C)O3)cc2C1=O. The third kappa shape index (κ3) is 3.23. The van der Waals surface area contributed by atoms with Gasteiger partial charge in [0.05, 0.1) is 17.8 Å². The molecule has 1 aromatic carbocycles. The number of ether oxygens (including phenoxy) is 1. The molecule has 0 atom stereocenters. The summed E-state index contributed by atoms with van der Waals surface area (Å²) >= 11 is 0. The fourth-order valence-electron chi connectivity index (χ4n) is 3.36. The van der Waals surface area contributed by atoms with Crippen LogP contribution < -0.4 is 5.46 Å². The zero-order valence-corrected chi connectivity index (χ0v) is 16.1. The second-order valence-corrected chi connectivity index (χ2v) is 7.99. The molecule has 136 valence electrons. The smallest absolute Gasteiger partial charge is 0.399 e. The number of methoxy groups -OCH3 is 1. The number of rotatable bonds is 4. The standard InChI is InChI=1S/C19H28BNO4/c1-13-11-14-7-8-21(9-10-23-6)17(22)15(14)12-16(13)20-24-18(2,3)19(4,5)25-20/h11-12H,7-10H2,1-6H3. The van der Waals surface area contributed by atoms with E-state index in [0.29, 0.717) is 13.2 Å². The van der Waals surface area contributed by atoms with Gasteiger partial charge in [0, 0.05) is 25.8 Å². The predicted octanol–water partition coefficient (Wildman–Crippen LogP) is 1.94. The van der Waals surface area contributed by atoms with Crippen molar-refractivity contribution in [3.05, 3.63) is 28.8 Å². The summed E-state index contributed by atoms with van der Waals surface area (Å²) in [5.74, 6) is 0.0658. The van der Waals surface area contributed by atoms with Crippen molar-refractivity contribution in [2.75, 3.05) is 26.8 Å². The van der Waals surface area contributed by atoms with Crippen LogP contribution in [-0.4, -0.2) is 55.9 Å². The van der Waals surface area contributed by atoms with Crippen molar-refractivity contribution in [3.63, 3.8) is 0 Å². The maximum Gasteiger partial charge on any atom is 0.495 e. The van der Waals surface area contributed by atoms with Crippen molar-refractivity contribution in [1.82, 2.24) is 4.90 Å². The summed E-state index contributed by atoms with van der Waals surface area (Å²) in [7, 11) is 1.21. The molecule has 5 nitrogen and oxygen atoms in total. The van der Waals surface area contributed by atoms with Crippen LogP contribution >= 0.6 is 0 Å². The number of carbonyl (C=O) groups is 1. The first-order valence-electron chi connectivity index (χ1n) is 8.93. The van der Waals surface area contributed by atoms with Crippen LogP contribution in [0.3, 0.4) is 0 Å². The van der Waals surface area contributed by atoms with Crippen molar-refractivity contribution in [2.45, 2.75) is 52.2 Å². The molecule has 2 heterocycles. The highest BCUT2D eigenvalue weighted by Crippen LogP contribution is 2.37. The molecule has 0 unspecified atom stereocenters. The monoisotopic (exact) mass is 345 g/mol. The molecule has 0 aliphatic carbocycles. The van der Waals surface area contributed by atoms with E-state index in [-0.39, 0.29) is 5.91 Å². The molecule has 1 amide bonds. The minimum absolute atomic E-state index is 0.0658. The van der Waals surface area contributed by atoms with Gasteiger partial charge in [0.2, 0.25) is 0 Å². The molecule has 0 N–H and O–H groups in total. The van der Waals surface area contributed by atoms with Crippen molar-refractivity contribution >= 4 is 18.5 Å². The summed E-state index contributed by atoms with van der Waals surface area (Å²) in [6, 6.07) is 4.08. The molecule has 6 heteroatoms. The first kappa shape index (κ1) is 18.4. The summed E-state index contributed by atoms with van der Waals surface area (Å²) in [4.78, 5) is 14.7. The molecular formula is C19H28BNO4. The number of nitrogens with zero attached hydrogens (tertiary/aromatic N) is 1. The van der Waals surface area contributed by atoms with Crippen molar-refractivity contribution < 1.29 is 18.8 Å². The first-order valence-corrected chi connectivity index (χ1v) is 8.93. The van der Waals surface area contributed by atoms with Gasteiger partial charge in [0.15, 0.2) is 0 Å². The molecule has 3 rings (SSSR count). The van der Waals surface area contributed by atoms with Gasteiger partial charge in [-0.05, 0) is 58.1 Å². The lowest BCUT2D eigenvalue weighted by molar-refractivity contribution is 0.00578. The van der Waals surface area contributed by atoms with Gasteiger partial charge in [0.1, 0.15) is 0 Å². The van der Waals surface area contributed by atoms with Gasteiger partial charge in [-0.3, -0.25) is 4.79 Å². The maximum absolute atomic E-state index is 12.8. The molecule has 25 heavy (non-hydrogen) atoms. The highest BCUT2D eigenvalue weighted by molar-refractivity contribution is 6.62. The van der Waals surface area contributed by atoms with E-state index in [1.165, 1.54) is 0 Å². The number of benzene rings is 1. The zero-order valence-electron chi connectivity index (χ0n) is 16.1. The molecule has 2 aliphatic rings. The molecular weight excluding hydrogens is 317 g/mol. The number of aryl methyl sites for hydroxylation is 1. The van der Waals surface area contributed by atoms with Crippen LogP contribution in [0.4, 0.5) is 0 Å². The van der Waals surface area contributed by atoms with Gasteiger partial charge in [0.25, 0.3) is 5.91 Å². The van der Waals surface area contributed by atoms with E-state index in [1.54, 1.807) is 7.11 Å². The van der Waals surface area contributed by atoms with E-state index in [0.717, 1.165) is 35.1 Å². The Balaban J connectivity index is 1.91. The van der Waals surface area contributed by atoms with Crippen LogP contribution in [0.1, 0.15) is 49.2 Å². The fourth-order valence-corrected chi connectivity index (χ4v) is 3.36. The van der Waals surface area contributed by atoms with Crippen molar-refractivity contribution in [1.29, 1.82) is 0 Å². The largest absolute Gasteiger partial charge is 0.495 e. The molecule has 1 saturated heterocycles. The van der Waals surface area contributed by atoms with Gasteiger partial charge in [-0.2, -0.15) is 0 Å². The summed E-state index contributed by atoms with van der Waals surface area (Å²) in [5, 5.41) is 0. The molecule has 1 aromatic rings. The summed E-state index contributed by atoms with van der Waals surface area (Å²) in [5.41, 5.74) is 3.13. The Morgan fingerprint density at radius 1 is 1.20 bits per heavy atom. The molecule has 0 bridgehead atoms. The first-order chi connectivity index (χ1) is 11.7. The van der Waals surface area contributed by atoms with Crippen LogP contribution in [0.2, 0.25) is 0 Å². The van der Waals surface area contributed by atoms with Gasteiger partial charge in [-0.25, -0.2) is 0 Å². The summed E-state index contributed by atoms with van der Waals surface area (Å²) < 4.78 is 17.5. The Morgan fingerprint density at radius 2 is 1.84 bits per heavy atom. The van der Waals surface area contributed by atoms with Crippen molar-refractivity contribution in [3.8, 4) is 0 Å². The van der Waals surface area contributed by atoms with E-state index >= 15 is 0 Å². The lowest BCUT2D eigenvalue weighted by atomic mass is 9.74. The van der Waals surface area contributed by atoms with E-state index in [2.05, 4.69) is 13.0 Å². The molecule has 0 aromatic heterocycles. The number of fused-ring (bicyclic) bond motifs is 1. The van der Waals surface area contributed by atoms with Gasteiger partial charge in [-0.1, -0.05) is 11.6 Å². The normalized spacial score (nSPS) is 21.6. The molecule has 0 spiro atoms. The Kier molecular flexibility index (Phi) is 4.73. The number of amides is 1. The third-order valence-corrected chi connectivity index (χ3v) is 5.73. The van der Waals surface area contributed by atoms with Gasteiger partial charge in [-0.15, -0.1) is 0 Å². The Bertz CT molecular complexity index is 670. The van der Waals surface area contributed by atoms with E-state index in [4.69, 9.17) is 14.0 Å². The average Bonchev–Trinajstić information content (AvgIpc) is 2.74. The van der Waals surface area contributed by atoms with E-state index in [9.17, 15) is 4.79 Å². The third-order valence-electron chi connectivity index (χ3n) is 5.73. The lowest BCUT2D eigenvalue weighted by Gasteiger charge is -2.32. The summed E-state index contributed by atoms with van der Waals surface area (Å²) in [6.07, 6.45) is 0.870. The highest BCUT2D eigenvalue weighted by atomic mass is 16.7. The van der Waals surface area contributed by atoms with Crippen LogP contribution in [0.25, 0.3) is 0 Å². The Morgan fingerprint density at radius 3 is 2.44 bits per heavy atom. The molecule has 0 saturated carbocycles. The molecule has 0 radical (unpaired) electrons. The predicted molar refractivity (Wildman–Crippen MR) is 98.4 cm³/mol. The number of hydrogen-bond acceptors (Lipinski definition) is 4. The van der Waals surface area contributed by atoms with Crippen LogP contribution in [0, 0.1) is 6.92 Å². The Hall–Kier alpha value is -1.37. The van der Waals surface area contributed by atoms with Crippen LogP contribution in [-0.2, 0) is 20.5 Å². The second kappa shape index (κ2) is 6.42. The van der Waals surface area contributed by atoms with Gasteiger partial charge < -0.3 is 18.9 Å². The molecule has 1 fully saturated rings. The molecule has 2 aliphatic heterocycles. The van der Waals surface area contributed by atoms with Crippen molar-refractivity contribution in [2.24, 2.45) is 0 Å². The van der Waals surface area contributed by atoms with Crippen LogP contribution in [0.15, 0.2) is 12.1 Å².